The number of carbonyl (C=O) groups excluding carboxylic acids is 9. The monoisotopic (exact) mass is 1370 g/mol. The van der Waals surface area contributed by atoms with Gasteiger partial charge in [0.15, 0.2) is 0 Å². The molecule has 9 amide bonds. The highest BCUT2D eigenvalue weighted by Gasteiger charge is 2.43. The van der Waals surface area contributed by atoms with Gasteiger partial charge in [-0.15, -0.1) is 0 Å². The van der Waals surface area contributed by atoms with Crippen molar-refractivity contribution in [2.24, 2.45) is 0 Å². The maximum absolute atomic E-state index is 13.4. The van der Waals surface area contributed by atoms with Crippen molar-refractivity contribution >= 4 is 53.2 Å². The van der Waals surface area contributed by atoms with Crippen molar-refractivity contribution in [3.8, 4) is 17.2 Å². The standard InChI is InChI=1S/3C25H27N3O5/c3*29-23-9-8-21(24(30)26-23)28-15-20-19(25(28)31)2-1-3-22(20)33-16-18-6-4-17(5-7-18)14-27-10-12-32-13-11-27/h3*1-7,21H,8-16H2,(H,26,29,30)/t2*21-;/m10./s1/i3*8D2,9D2,15D2,21D. The Morgan fingerprint density at radius 1 is 0.364 bits per heavy atom. The Kier molecular flexibility index (Phi) is 14.8. The molecule has 9 aliphatic heterocycles. The van der Waals surface area contributed by atoms with E-state index in [9.17, 15) is 43.2 Å². The van der Waals surface area contributed by atoms with E-state index in [1.165, 1.54) is 54.6 Å². The molecular weight excluding hydrogens is 1270 g/mol. The maximum atomic E-state index is 13.4. The van der Waals surface area contributed by atoms with Crippen LogP contribution in [0, 0.1) is 0 Å². The first-order valence-electron chi connectivity index (χ1n) is 42.2. The van der Waals surface area contributed by atoms with Gasteiger partial charge in [0.25, 0.3) is 17.7 Å². The summed E-state index contributed by atoms with van der Waals surface area (Å²) < 4.78 is 209. The van der Waals surface area contributed by atoms with Gasteiger partial charge in [-0.3, -0.25) is 73.8 Å². The normalized spacial score (nSPS) is 31.1. The van der Waals surface area contributed by atoms with E-state index < -0.39 is 129 Å². The van der Waals surface area contributed by atoms with E-state index in [1.54, 1.807) is 16.0 Å². The number of hydrogen-bond donors (Lipinski definition) is 3. The fourth-order valence-corrected chi connectivity index (χ4v) is 11.5. The summed E-state index contributed by atoms with van der Waals surface area (Å²) in [4.78, 5) is 122. The van der Waals surface area contributed by atoms with Crippen LogP contribution in [0.4, 0.5) is 0 Å². The molecule has 6 aromatic rings. The van der Waals surface area contributed by atoms with Crippen LogP contribution in [-0.4, -0.2) is 180 Å². The van der Waals surface area contributed by atoms with Crippen LogP contribution in [-0.2, 0) is 102 Å². The zero-order chi connectivity index (χ0) is 87.3. The molecule has 0 radical (unpaired) electrons. The molecule has 3 N–H and O–H groups in total. The first-order valence-corrected chi connectivity index (χ1v) is 31.7. The second-order valence-electron chi connectivity index (χ2n) is 23.4. The topological polar surface area (TPSA) is 265 Å². The van der Waals surface area contributed by atoms with Crippen molar-refractivity contribution in [1.82, 2.24) is 45.3 Å². The summed E-state index contributed by atoms with van der Waals surface area (Å²) in [6.07, 6.45) is -21.1. The number of amides is 9. The number of nitrogens with one attached hydrogen (secondary N) is 3. The Labute approximate surface area is 603 Å². The van der Waals surface area contributed by atoms with Gasteiger partial charge in [-0.05, 0) is 88.9 Å². The molecule has 0 saturated carbocycles. The van der Waals surface area contributed by atoms with Gasteiger partial charge in [-0.25, -0.2) is 0 Å². The molecule has 9 heterocycles. The predicted octanol–water partition coefficient (Wildman–Crippen LogP) is 5.58. The lowest BCUT2D eigenvalue weighted by atomic mass is 10.0. The average Bonchev–Trinajstić information content (AvgIpc) is 1.44. The Bertz CT molecular complexity index is 4590. The van der Waals surface area contributed by atoms with E-state index in [2.05, 4.69) is 14.7 Å². The molecule has 6 fully saturated rings. The third-order valence-electron chi connectivity index (χ3n) is 16.7. The molecule has 6 aromatic carbocycles. The first-order chi connectivity index (χ1) is 56.2. The van der Waals surface area contributed by atoms with Crippen molar-refractivity contribution in [2.75, 3.05) is 78.9 Å². The number of hydrogen-bond acceptors (Lipinski definition) is 18. The number of benzene rings is 6. The lowest BCUT2D eigenvalue weighted by Gasteiger charge is -2.29. The van der Waals surface area contributed by atoms with Crippen molar-refractivity contribution in [3.63, 3.8) is 0 Å². The second-order valence-corrected chi connectivity index (χ2v) is 23.4. The van der Waals surface area contributed by atoms with Crippen molar-refractivity contribution < 1.29 is 100 Å². The lowest BCUT2D eigenvalue weighted by Crippen LogP contribution is -2.52. The van der Waals surface area contributed by atoms with E-state index >= 15 is 0 Å². The molecule has 516 valence electrons. The second kappa shape index (κ2) is 31.4. The molecule has 0 aromatic heterocycles. The molecule has 1 unspecified atom stereocenters. The molecule has 24 heteroatoms. The minimum Gasteiger partial charge on any atom is -0.489 e. The van der Waals surface area contributed by atoms with Crippen LogP contribution in [0.2, 0.25) is 0 Å². The third-order valence-corrected chi connectivity index (χ3v) is 16.7. The largest absolute Gasteiger partial charge is 0.489 e. The fourth-order valence-electron chi connectivity index (χ4n) is 11.5. The quantitative estimate of drug-likeness (QED) is 0.0887. The van der Waals surface area contributed by atoms with Gasteiger partial charge in [-0.2, -0.15) is 0 Å². The zero-order valence-electron chi connectivity index (χ0n) is 74.2. The molecule has 9 aliphatic rings. The smallest absolute Gasteiger partial charge is 0.255 e. The summed E-state index contributed by atoms with van der Waals surface area (Å²) in [6, 6.07) is 24.8. The molecule has 15 rings (SSSR count). The zero-order valence-corrected chi connectivity index (χ0v) is 53.2. The van der Waals surface area contributed by atoms with Gasteiger partial charge in [0.05, 0.1) is 71.5 Å². The molecule has 0 aliphatic carbocycles. The number of carbonyl (C=O) groups is 9. The number of nitrogens with zero attached hydrogens (tertiary/aromatic N) is 6. The van der Waals surface area contributed by atoms with Gasteiger partial charge in [0.2, 0.25) is 35.4 Å². The van der Waals surface area contributed by atoms with Gasteiger partial charge >= 0.3 is 0 Å². The minimum atomic E-state index is -3.60. The van der Waals surface area contributed by atoms with E-state index in [-0.39, 0.29) is 85.1 Å². The summed E-state index contributed by atoms with van der Waals surface area (Å²) in [5.41, 5.74) is 3.81. The van der Waals surface area contributed by atoms with Crippen LogP contribution < -0.4 is 30.2 Å². The molecule has 24 nitrogen and oxygen atoms in total. The van der Waals surface area contributed by atoms with Gasteiger partial charge in [0, 0.05) is 128 Å². The molecular formula is C75H81N9O15. The van der Waals surface area contributed by atoms with E-state index in [1.807, 2.05) is 72.8 Å². The summed E-state index contributed by atoms with van der Waals surface area (Å²) in [5.74, 6) is -13.6. The summed E-state index contributed by atoms with van der Waals surface area (Å²) in [6.45, 7) is 2.73. The molecule has 0 spiro atoms. The van der Waals surface area contributed by atoms with Crippen LogP contribution >= 0.6 is 0 Å². The first kappa shape index (κ1) is 46.6. The van der Waals surface area contributed by atoms with Crippen LogP contribution in [0.25, 0.3) is 0 Å². The summed E-state index contributed by atoms with van der Waals surface area (Å²) in [7, 11) is 0. The van der Waals surface area contributed by atoms with Crippen LogP contribution in [0.3, 0.4) is 0 Å². The highest BCUT2D eigenvalue weighted by atomic mass is 16.5. The summed E-state index contributed by atoms with van der Waals surface area (Å²) >= 11 is 0. The number of ether oxygens (including phenoxy) is 6. The molecule has 99 heavy (non-hydrogen) atoms. The number of imide groups is 3. The Balaban J connectivity index is 0.000000156. The van der Waals surface area contributed by atoms with Gasteiger partial charge in [0.1, 0.15) is 55.1 Å². The number of fused-ring (bicyclic) bond motifs is 3. The highest BCUT2D eigenvalue weighted by Crippen LogP contribution is 2.37. The Morgan fingerprint density at radius 2 is 0.616 bits per heavy atom. The molecule has 0 bridgehead atoms. The maximum Gasteiger partial charge on any atom is 0.255 e. The van der Waals surface area contributed by atoms with Crippen LogP contribution in [0.1, 0.15) is 148 Å². The third kappa shape index (κ3) is 16.4. The average molecular weight is 1370 g/mol. The summed E-state index contributed by atoms with van der Waals surface area (Å²) in [5, 5.41) is 4.76. The number of morpholine rings is 3. The predicted molar refractivity (Wildman–Crippen MR) is 358 cm³/mol. The van der Waals surface area contributed by atoms with Crippen LogP contribution in [0.15, 0.2) is 127 Å². The molecule has 6 saturated heterocycles. The Morgan fingerprint density at radius 3 is 0.879 bits per heavy atom. The Hall–Kier alpha value is -9.69. The molecule has 3 atom stereocenters. The SMILES string of the molecule is [2H]C1([2H])c2c(OCc3ccc(CN4CCOCC4)cc3)cccc2C(=O)N1C1([2H])C(=O)NC(=O)C([2H])([2H])C1([2H])[2H].[2H]C1([2H])c2c(OCc3ccc(CN4CCOCC4)cc3)cccc2C(=O)N1[C@@]1([2H])C(=O)NC(=O)C([2H])([2H])C1([2H])[2H].[2H]C1([2H])c2c(OCc3ccc(CN4CCOCC4)cc3)cccc2C(=O)N1[C@]1([2H])C(=O)NC(=O)C([2H])([2H])C1([2H])[2H]. The van der Waals surface area contributed by atoms with Crippen molar-refractivity contribution in [1.29, 1.82) is 0 Å². The number of piperidine rings is 3. The van der Waals surface area contributed by atoms with Gasteiger partial charge < -0.3 is 43.1 Å². The number of rotatable bonds is 18. The van der Waals surface area contributed by atoms with Crippen molar-refractivity contribution in [2.45, 2.75) is 115 Å². The highest BCUT2D eigenvalue weighted by molar-refractivity contribution is 6.08. The van der Waals surface area contributed by atoms with Gasteiger partial charge in [-0.1, -0.05) is 91.0 Å². The van der Waals surface area contributed by atoms with E-state index in [0.29, 0.717) is 39.6 Å². The van der Waals surface area contributed by atoms with E-state index in [4.69, 9.17) is 57.2 Å². The minimum absolute atomic E-state index is 0.00292. The van der Waals surface area contributed by atoms with Crippen LogP contribution in [0.5, 0.6) is 17.2 Å². The van der Waals surface area contributed by atoms with Crippen molar-refractivity contribution in [3.05, 3.63) is 194 Å². The van der Waals surface area contributed by atoms with E-state index in [0.717, 1.165) is 92.3 Å². The lowest BCUT2D eigenvalue weighted by molar-refractivity contribution is -0.138. The fraction of sp³-hybridized carbons (Fsp3) is 0.400.